The maximum Gasteiger partial charge on any atom is 0.298 e. The van der Waals surface area contributed by atoms with E-state index in [-0.39, 0.29) is 5.69 Å². The maximum atomic E-state index is 10.9. The number of halogens is 1. The first kappa shape index (κ1) is 6.42. The average molecular weight is 171 g/mol. The van der Waals surface area contributed by atoms with E-state index in [2.05, 4.69) is 10.3 Å². The molecule has 0 saturated heterocycles. The normalized spacial score (nSPS) is 15.0. The molecule has 0 unspecified atom stereocenters. The van der Waals surface area contributed by atoms with E-state index in [1.807, 2.05) is 0 Å². The van der Waals surface area contributed by atoms with Crippen LogP contribution < -0.4 is 5.32 Å². The van der Waals surface area contributed by atoms with Crippen molar-refractivity contribution >= 4 is 29.0 Å². The second kappa shape index (κ2) is 1.85. The van der Waals surface area contributed by atoms with E-state index in [0.717, 1.165) is 0 Å². The second-order valence-electron chi connectivity index (χ2n) is 2.19. The first-order valence-corrected chi connectivity index (χ1v) is 3.30. The summed E-state index contributed by atoms with van der Waals surface area (Å²) < 4.78 is 0. The lowest BCUT2D eigenvalue weighted by Gasteiger charge is -1.85. The van der Waals surface area contributed by atoms with E-state index in [1.54, 1.807) is 0 Å². The zero-order valence-electron chi connectivity index (χ0n) is 5.27. The molecule has 1 aliphatic heterocycles. The summed E-state index contributed by atoms with van der Waals surface area (Å²) in [5, 5.41) is 2.71. The van der Waals surface area contributed by atoms with Crippen molar-refractivity contribution in [3.8, 4) is 0 Å². The van der Waals surface area contributed by atoms with Gasteiger partial charge in [0.2, 0.25) is 0 Å². The summed E-state index contributed by atoms with van der Waals surface area (Å²) in [4.78, 5) is 24.2. The van der Waals surface area contributed by atoms with Crippen LogP contribution in [0.4, 0.5) is 5.69 Å². The van der Waals surface area contributed by atoms with Crippen LogP contribution in [0.25, 0.3) is 0 Å². The molecule has 1 aromatic heterocycles. The minimum Gasteiger partial charge on any atom is -0.341 e. The number of fused-ring (bicyclic) bond motifs is 1. The highest BCUT2D eigenvalue weighted by molar-refractivity contribution is 6.51. The van der Waals surface area contributed by atoms with Crippen LogP contribution in [0.15, 0.2) is 6.07 Å². The number of aromatic nitrogens is 1. The number of rotatable bonds is 0. The van der Waals surface area contributed by atoms with Gasteiger partial charge in [0.25, 0.3) is 11.7 Å². The molecule has 4 nitrogen and oxygen atoms in total. The summed E-state index contributed by atoms with van der Waals surface area (Å²) in [6.45, 7) is 0. The molecule has 1 aliphatic rings. The van der Waals surface area contributed by atoms with Gasteiger partial charge in [-0.2, -0.15) is 0 Å². The van der Waals surface area contributed by atoms with Gasteiger partial charge in [-0.25, -0.2) is 0 Å². The van der Waals surface area contributed by atoms with Gasteiger partial charge in [0.05, 0.1) is 5.69 Å². The van der Waals surface area contributed by atoms with E-state index >= 15 is 0 Å². The number of ketones is 1. The third kappa shape index (κ3) is 0.760. The van der Waals surface area contributed by atoms with Gasteiger partial charge in [0, 0.05) is 0 Å². The Hall–Kier alpha value is -1.29. The summed E-state index contributed by atoms with van der Waals surface area (Å²) >= 11 is 5.53. The Balaban J connectivity index is 2.60. The van der Waals surface area contributed by atoms with Gasteiger partial charge >= 0.3 is 0 Å². The van der Waals surface area contributed by atoms with Crippen molar-refractivity contribution in [2.45, 2.75) is 0 Å². The highest BCUT2D eigenvalue weighted by Crippen LogP contribution is 2.25. The van der Waals surface area contributed by atoms with Crippen LogP contribution >= 0.6 is 11.6 Å². The zero-order chi connectivity index (χ0) is 8.01. The SMILES string of the molecule is O=C1Nc2cc(Cl)[nH]c2C1=O. The average Bonchev–Trinajstić information content (AvgIpc) is 2.37. The van der Waals surface area contributed by atoms with E-state index in [1.165, 1.54) is 6.07 Å². The van der Waals surface area contributed by atoms with Crippen molar-refractivity contribution in [3.63, 3.8) is 0 Å². The maximum absolute atomic E-state index is 10.9. The molecule has 0 atom stereocenters. The summed E-state index contributed by atoms with van der Waals surface area (Å²) in [5.41, 5.74) is 0.713. The predicted molar refractivity (Wildman–Crippen MR) is 38.8 cm³/mol. The summed E-state index contributed by atoms with van der Waals surface area (Å²) in [7, 11) is 0. The summed E-state index contributed by atoms with van der Waals surface area (Å²) in [6.07, 6.45) is 0. The Morgan fingerprint density at radius 1 is 1.36 bits per heavy atom. The molecule has 1 aromatic rings. The molecule has 0 radical (unpaired) electrons. The van der Waals surface area contributed by atoms with Crippen LogP contribution in [0, 0.1) is 0 Å². The third-order valence-corrected chi connectivity index (χ3v) is 1.67. The van der Waals surface area contributed by atoms with Crippen molar-refractivity contribution in [3.05, 3.63) is 16.9 Å². The molecule has 56 valence electrons. The first-order chi connectivity index (χ1) is 5.18. The molecule has 11 heavy (non-hydrogen) atoms. The van der Waals surface area contributed by atoms with Crippen LogP contribution in [0.2, 0.25) is 5.15 Å². The minimum atomic E-state index is -0.608. The number of aromatic amines is 1. The highest BCUT2D eigenvalue weighted by Gasteiger charge is 2.29. The molecular weight excluding hydrogens is 168 g/mol. The topological polar surface area (TPSA) is 62.0 Å². The first-order valence-electron chi connectivity index (χ1n) is 2.92. The zero-order valence-corrected chi connectivity index (χ0v) is 6.03. The fourth-order valence-electron chi connectivity index (χ4n) is 0.992. The fraction of sp³-hybridized carbons (Fsp3) is 0. The largest absolute Gasteiger partial charge is 0.341 e. The molecule has 5 heteroatoms. The molecule has 2 N–H and O–H groups in total. The van der Waals surface area contributed by atoms with Gasteiger partial charge < -0.3 is 10.3 Å². The smallest absolute Gasteiger partial charge is 0.298 e. The lowest BCUT2D eigenvalue weighted by atomic mass is 10.3. The molecule has 0 fully saturated rings. The number of amides is 1. The van der Waals surface area contributed by atoms with E-state index in [4.69, 9.17) is 11.6 Å². The number of hydrogen-bond donors (Lipinski definition) is 2. The second-order valence-corrected chi connectivity index (χ2v) is 2.60. The fourth-order valence-corrected chi connectivity index (χ4v) is 1.20. The van der Waals surface area contributed by atoms with Gasteiger partial charge in [-0.3, -0.25) is 9.59 Å². The number of nitrogens with one attached hydrogen (secondary N) is 2. The van der Waals surface area contributed by atoms with Gasteiger partial charge in [-0.15, -0.1) is 0 Å². The Labute approximate surface area is 66.5 Å². The molecule has 0 spiro atoms. The number of anilines is 1. The Morgan fingerprint density at radius 3 is 2.73 bits per heavy atom. The van der Waals surface area contributed by atoms with Crippen LogP contribution in [0.3, 0.4) is 0 Å². The number of Topliss-reactive ketones (excluding diaryl/α,β-unsaturated/α-hetero) is 1. The quantitative estimate of drug-likeness (QED) is 0.566. The molecule has 0 bridgehead atoms. The van der Waals surface area contributed by atoms with Gasteiger partial charge in [-0.1, -0.05) is 11.6 Å². The minimum absolute atomic E-state index is 0.250. The standard InChI is InChI=1S/C6H3ClN2O2/c7-3-1-2-4(9-3)5(10)6(11)8-2/h1,9H,(H,8,10,11). The Bertz CT molecular complexity index is 355. The van der Waals surface area contributed by atoms with E-state index < -0.39 is 11.7 Å². The third-order valence-electron chi connectivity index (χ3n) is 1.47. The summed E-state index contributed by atoms with van der Waals surface area (Å²) in [5.74, 6) is -1.17. The van der Waals surface area contributed by atoms with Gasteiger partial charge in [0.1, 0.15) is 10.8 Å². The lowest BCUT2D eigenvalue weighted by Crippen LogP contribution is -2.13. The van der Waals surface area contributed by atoms with E-state index in [9.17, 15) is 9.59 Å². The van der Waals surface area contributed by atoms with E-state index in [0.29, 0.717) is 10.8 Å². The monoisotopic (exact) mass is 170 g/mol. The number of H-pyrrole nitrogens is 1. The van der Waals surface area contributed by atoms with Gasteiger partial charge in [-0.05, 0) is 6.07 Å². The Kier molecular flexibility index (Phi) is 1.08. The van der Waals surface area contributed by atoms with Crippen molar-refractivity contribution in [1.29, 1.82) is 0 Å². The molecule has 0 aliphatic carbocycles. The molecule has 2 rings (SSSR count). The van der Waals surface area contributed by atoms with Crippen LogP contribution in [-0.2, 0) is 4.79 Å². The predicted octanol–water partition coefficient (Wildman–Crippen LogP) is 0.803. The van der Waals surface area contributed by atoms with Crippen molar-refractivity contribution in [2.24, 2.45) is 0 Å². The van der Waals surface area contributed by atoms with Crippen molar-refractivity contribution in [2.75, 3.05) is 5.32 Å². The molecular formula is C6H3ClN2O2. The number of carbonyl (C=O) groups excluding carboxylic acids is 2. The van der Waals surface area contributed by atoms with Crippen LogP contribution in [-0.4, -0.2) is 16.7 Å². The lowest BCUT2D eigenvalue weighted by molar-refractivity contribution is -0.112. The number of hydrogen-bond acceptors (Lipinski definition) is 2. The molecule has 1 amide bonds. The van der Waals surface area contributed by atoms with Crippen LogP contribution in [0.5, 0.6) is 0 Å². The van der Waals surface area contributed by atoms with Gasteiger partial charge in [0.15, 0.2) is 0 Å². The number of carbonyl (C=O) groups is 2. The molecule has 0 saturated carbocycles. The van der Waals surface area contributed by atoms with Crippen molar-refractivity contribution in [1.82, 2.24) is 4.98 Å². The molecule has 0 aromatic carbocycles. The van der Waals surface area contributed by atoms with Crippen LogP contribution in [0.1, 0.15) is 10.5 Å². The summed E-state index contributed by atoms with van der Waals surface area (Å²) in [6, 6.07) is 1.50. The highest BCUT2D eigenvalue weighted by atomic mass is 35.5. The Morgan fingerprint density at radius 2 is 2.09 bits per heavy atom. The molecule has 2 heterocycles. The van der Waals surface area contributed by atoms with Crippen molar-refractivity contribution < 1.29 is 9.59 Å².